The maximum atomic E-state index is 13.4. The first kappa shape index (κ1) is 81.3. The van der Waals surface area contributed by atoms with Gasteiger partial charge in [-0.1, -0.05) is 86.6 Å². The van der Waals surface area contributed by atoms with Crippen molar-refractivity contribution in [2.45, 2.75) is 95.2 Å². The second-order valence-electron chi connectivity index (χ2n) is 30.6. The number of aryl methyl sites for hydroxylation is 8. The van der Waals surface area contributed by atoms with Crippen LogP contribution in [-0.2, 0) is 11.3 Å². The zero-order chi connectivity index (χ0) is 83.1. The average molecular weight is 1610 g/mol. The van der Waals surface area contributed by atoms with Crippen LogP contribution in [0.1, 0.15) is 111 Å². The first-order chi connectivity index (χ1) is 57.7. The molecule has 0 unspecified atom stereocenters. The van der Waals surface area contributed by atoms with Gasteiger partial charge in [-0.3, -0.25) is 9.69 Å². The number of aliphatic hydroxyl groups is 1. The molecule has 5 aliphatic rings. The smallest absolute Gasteiger partial charge is 0.196 e. The Labute approximate surface area is 692 Å². The van der Waals surface area contributed by atoms with Gasteiger partial charge in [0.15, 0.2) is 5.78 Å². The molecule has 9 aromatic heterocycles. The number of thiophene rings is 1. The van der Waals surface area contributed by atoms with Crippen LogP contribution in [0, 0.1) is 55.4 Å². The topological polar surface area (TPSA) is 274 Å². The first-order valence-corrected chi connectivity index (χ1v) is 41.3. The van der Waals surface area contributed by atoms with Gasteiger partial charge in [0.2, 0.25) is 0 Å². The van der Waals surface area contributed by atoms with Crippen LogP contribution in [0.25, 0.3) is 69.9 Å². The molecular formula is C97H102N14O7S. The normalized spacial score (nSPS) is 16.4. The molecule has 0 amide bonds. The monoisotopic (exact) mass is 1610 g/mol. The number of hydrogen-bond acceptors (Lipinski definition) is 14. The number of carbonyl (C=O) groups excluding carboxylic acids is 1. The molecule has 18 rings (SSSR count). The number of ketones is 1. The lowest BCUT2D eigenvalue weighted by Gasteiger charge is -2.26. The number of rotatable bonds is 18. The lowest BCUT2D eigenvalue weighted by molar-refractivity contribution is 0.0390. The third-order valence-corrected chi connectivity index (χ3v) is 22.3. The van der Waals surface area contributed by atoms with Gasteiger partial charge in [0.1, 0.15) is 23.0 Å². The Bertz CT molecular complexity index is 7130. The fourth-order valence-electron chi connectivity index (χ4n) is 15.8. The number of aromatic nitrogens is 8. The molecule has 4 aromatic carbocycles. The lowest BCUT2D eigenvalue weighted by atomic mass is 10.0. The number of carbonyl (C=O) groups is 1. The number of hydrogen-bond donors (Lipinski definition) is 10. The van der Waals surface area contributed by atoms with Gasteiger partial charge >= 0.3 is 0 Å². The number of benzene rings is 4. The van der Waals surface area contributed by atoms with E-state index >= 15 is 0 Å². The second-order valence-corrected chi connectivity index (χ2v) is 31.4. The van der Waals surface area contributed by atoms with Crippen molar-refractivity contribution in [2.75, 3.05) is 67.3 Å². The predicted octanol–water partition coefficient (Wildman–Crippen LogP) is 5.73. The predicted molar refractivity (Wildman–Crippen MR) is 473 cm³/mol. The summed E-state index contributed by atoms with van der Waals surface area (Å²) in [4.78, 5) is 62.8. The number of morpholine rings is 1. The van der Waals surface area contributed by atoms with Gasteiger partial charge in [-0.25, -0.2) is 20.0 Å². The molecule has 0 aliphatic carbocycles. The van der Waals surface area contributed by atoms with Crippen LogP contribution in [0.5, 0.6) is 23.0 Å². The number of nitrogens with one attached hydrogen (secondary N) is 9. The standard InChI is InChI=1S/C27H32N4O2.C25H30N4O2.C25H21N3O2S.C20H19N3O/c1-4-33-26-17-25(29-24(26)16-23-18(2)15-19(3)28-23)27-21(9-10-31-11-13-32-14-12-31)20-7-5-6-8-22(20)30-27;1-14(2)26-12-18-17-8-6-7-9-20(17)28-23(18)24-19(13-30)25(31-5)22(29-24)11-21-15(3)10-16(4)27-21;1-14-10-15(2)26-19(14)11-20-22(30-3)12-21(27-20)24-23(25(29)16-8-9-31-13-16)17-6-4-5-7-18(17)28-24;1-12-8-13(2)21-16(12)10-19-20(24-3)11-18(23-19)17-9-14-6-4-5-7-15(14)22-17/h5-8,15-17,28-29H,4,9-14H2,1-3H3;6-11,14,26-27,29-30H,12-13H2,1-5H3;4-13,26-27H,1-3H3;4-11,21,23H,1-3H3/b24-16-,27-25?;22-11-,24-23?;20-11-,24-21?;18-17?,19-10-. The Hall–Kier alpha value is -12.8. The van der Waals surface area contributed by atoms with Gasteiger partial charge in [-0.05, 0) is 187 Å². The number of Topliss-reactive ketones (excluding diaryl/α,β-unsaturated/α-hetero) is 1. The molecule has 0 saturated carbocycles. The molecule has 22 heteroatoms. The molecular weight excluding hydrogens is 1510 g/mol. The Morgan fingerprint density at radius 1 is 0.538 bits per heavy atom. The van der Waals surface area contributed by atoms with Crippen molar-refractivity contribution in [3.05, 3.63) is 320 Å². The number of H-pyrrole nitrogens is 8. The van der Waals surface area contributed by atoms with E-state index in [2.05, 4.69) is 190 Å². The largest absolute Gasteiger partial charge is 0.494 e. The summed E-state index contributed by atoms with van der Waals surface area (Å²) in [5.74, 6) is 2.97. The third-order valence-electron chi connectivity index (χ3n) is 21.6. The third kappa shape index (κ3) is 17.7. The maximum Gasteiger partial charge on any atom is 0.196 e. The molecule has 5 aliphatic heterocycles. The van der Waals surface area contributed by atoms with Gasteiger partial charge in [0.05, 0.1) is 140 Å². The minimum Gasteiger partial charge on any atom is -0.494 e. The first-order valence-electron chi connectivity index (χ1n) is 40.3. The van der Waals surface area contributed by atoms with Gasteiger partial charge in [0.25, 0.3) is 0 Å². The summed E-state index contributed by atoms with van der Waals surface area (Å²) < 4.78 is 28.4. The molecule has 0 atom stereocenters. The van der Waals surface area contributed by atoms with Crippen LogP contribution in [0.3, 0.4) is 0 Å². The highest BCUT2D eigenvalue weighted by atomic mass is 32.1. The number of aliphatic hydroxyl groups excluding tert-OH is 1. The molecule has 21 nitrogen and oxygen atoms in total. The number of methoxy groups -OCH3 is 3. The molecule has 0 spiro atoms. The van der Waals surface area contributed by atoms with E-state index in [1.807, 2.05) is 123 Å². The minimum absolute atomic E-state index is 0.0279. The molecule has 1 saturated heterocycles. The molecule has 14 heterocycles. The zero-order valence-corrected chi connectivity index (χ0v) is 70.7. The SMILES string of the molecule is CCOc1cc(=C2N=c3ccccc3=C2CCN2CCOCC2)[nH]/c1=C\c1[nH]c(C)cc1C.COc1c(CO)c(=C2N=c3ccccc3=C2CNC(C)C)[nH]/c1=C\c1[nH]c(C)cc1C.COc1cc(=C2C=c3ccccc3=N2)[nH]/c1=C\c1[nH]c(C)cc1C.COc1cc(=C2N=c3ccccc3=C2C(=O)c2ccsc2)[nH]/c1=C\c1[nH]c(C)cc1C. The molecule has 0 radical (unpaired) electrons. The van der Waals surface area contributed by atoms with E-state index in [0.717, 1.165) is 210 Å². The second kappa shape index (κ2) is 36.0. The van der Waals surface area contributed by atoms with E-state index in [1.54, 1.807) is 21.3 Å². The summed E-state index contributed by atoms with van der Waals surface area (Å²) in [7, 11) is 4.96. The summed E-state index contributed by atoms with van der Waals surface area (Å²) in [6.07, 6.45) is 11.3. The molecule has 0 bridgehead atoms. The number of aromatic amines is 8. The Morgan fingerprint density at radius 3 is 1.53 bits per heavy atom. The van der Waals surface area contributed by atoms with Crippen molar-refractivity contribution < 1.29 is 33.6 Å². The van der Waals surface area contributed by atoms with Crippen molar-refractivity contribution in [3.8, 4) is 23.0 Å². The Kier molecular flexibility index (Phi) is 24.6. The summed E-state index contributed by atoms with van der Waals surface area (Å²) in [5, 5.41) is 32.7. The summed E-state index contributed by atoms with van der Waals surface area (Å²) in [6, 6.07) is 49.2. The van der Waals surface area contributed by atoms with Crippen molar-refractivity contribution >= 4 is 87.0 Å². The quantitative estimate of drug-likeness (QED) is 0.0469. The number of fused-ring (bicyclic) bond motifs is 4. The molecule has 1 fully saturated rings. The molecule has 608 valence electrons. The van der Waals surface area contributed by atoms with Crippen molar-refractivity contribution in [3.63, 3.8) is 0 Å². The number of para-hydroxylation sites is 4. The fraction of sp³-hybridized carbons (Fsp3) is 0.247. The van der Waals surface area contributed by atoms with Gasteiger partial charge in [-0.2, -0.15) is 11.3 Å². The molecule has 119 heavy (non-hydrogen) atoms. The van der Waals surface area contributed by atoms with Gasteiger partial charge < -0.3 is 74.0 Å². The minimum atomic E-state index is -0.147. The molecule has 10 N–H and O–H groups in total. The van der Waals surface area contributed by atoms with Gasteiger partial charge in [0, 0.05) is 139 Å². The number of ether oxygens (including phenoxy) is 5. The highest BCUT2D eigenvalue weighted by molar-refractivity contribution is 7.08. The molecule has 13 aromatic rings. The fourth-order valence-corrected chi connectivity index (χ4v) is 16.5. The lowest BCUT2D eigenvalue weighted by Crippen LogP contribution is -2.37. The van der Waals surface area contributed by atoms with Crippen molar-refractivity contribution in [2.24, 2.45) is 20.0 Å². The van der Waals surface area contributed by atoms with Crippen LogP contribution in [0.4, 0.5) is 0 Å². The van der Waals surface area contributed by atoms with Crippen LogP contribution in [0.2, 0.25) is 0 Å². The summed E-state index contributed by atoms with van der Waals surface area (Å²) >= 11 is 1.51. The number of nitrogens with zero attached hydrogens (tertiary/aromatic N) is 5. The highest BCUT2D eigenvalue weighted by Gasteiger charge is 2.26. The highest BCUT2D eigenvalue weighted by Crippen LogP contribution is 2.25. The van der Waals surface area contributed by atoms with Crippen LogP contribution < -0.4 is 109 Å². The van der Waals surface area contributed by atoms with Crippen molar-refractivity contribution in [1.82, 2.24) is 50.1 Å². The Balaban J connectivity index is 0.000000125. The van der Waals surface area contributed by atoms with E-state index in [9.17, 15) is 9.90 Å². The van der Waals surface area contributed by atoms with E-state index in [-0.39, 0.29) is 12.4 Å². The van der Waals surface area contributed by atoms with Crippen LogP contribution in [-0.4, -0.2) is 129 Å². The van der Waals surface area contributed by atoms with E-state index in [4.69, 9.17) is 43.7 Å². The average Bonchev–Trinajstić information content (AvgIpc) is 1.66. The van der Waals surface area contributed by atoms with E-state index in [0.29, 0.717) is 53.1 Å². The van der Waals surface area contributed by atoms with Crippen molar-refractivity contribution in [1.29, 1.82) is 0 Å². The summed E-state index contributed by atoms with van der Waals surface area (Å²) in [5.41, 5.74) is 21.2. The van der Waals surface area contributed by atoms with E-state index in [1.165, 1.54) is 33.3 Å². The van der Waals surface area contributed by atoms with Crippen LogP contribution >= 0.6 is 11.3 Å². The zero-order valence-electron chi connectivity index (χ0n) is 69.9. The van der Waals surface area contributed by atoms with Gasteiger partial charge in [-0.15, -0.1) is 0 Å². The Morgan fingerprint density at radius 2 is 1.02 bits per heavy atom. The van der Waals surface area contributed by atoms with Crippen LogP contribution in [0.15, 0.2) is 176 Å². The van der Waals surface area contributed by atoms with E-state index < -0.39 is 0 Å². The maximum absolute atomic E-state index is 13.4. The summed E-state index contributed by atoms with van der Waals surface area (Å²) in [6.45, 7) is 28.6.